The number of methoxy groups -OCH3 is 1. The van der Waals surface area contributed by atoms with Gasteiger partial charge >= 0.3 is 0 Å². The smallest absolute Gasteiger partial charge is 0.225 e. The number of anilines is 1. The first-order valence-electron chi connectivity index (χ1n) is 7.22. The van der Waals surface area contributed by atoms with E-state index in [2.05, 4.69) is 36.5 Å². The van der Waals surface area contributed by atoms with Gasteiger partial charge in [0.1, 0.15) is 5.75 Å². The van der Waals surface area contributed by atoms with Gasteiger partial charge in [-0.25, -0.2) is 0 Å². The third kappa shape index (κ3) is 4.81. The van der Waals surface area contributed by atoms with E-state index < -0.39 is 0 Å². The molecule has 1 amide bonds. The fraction of sp³-hybridized carbons (Fsp3) is 0.278. The van der Waals surface area contributed by atoms with Gasteiger partial charge in [-0.15, -0.1) is 11.8 Å². The summed E-state index contributed by atoms with van der Waals surface area (Å²) in [6.07, 6.45) is 0.468. The number of rotatable bonds is 6. The molecule has 2 rings (SSSR count). The molecule has 2 aromatic carbocycles. The van der Waals surface area contributed by atoms with E-state index in [1.165, 1.54) is 10.5 Å². The zero-order chi connectivity index (χ0) is 15.9. The minimum Gasteiger partial charge on any atom is -0.495 e. The van der Waals surface area contributed by atoms with Crippen LogP contribution < -0.4 is 10.1 Å². The standard InChI is InChI=1S/C18H21NO2S/c1-13-4-7-15(8-5-13)22-11-10-18(20)19-16-12-14(2)6-9-17(16)21-3/h4-9,12H,10-11H2,1-3H3,(H,19,20). The average molecular weight is 315 g/mol. The molecule has 1 N–H and O–H groups in total. The Kier molecular flexibility index (Phi) is 5.90. The Balaban J connectivity index is 1.85. The number of amides is 1. The van der Waals surface area contributed by atoms with E-state index in [1.54, 1.807) is 18.9 Å². The maximum Gasteiger partial charge on any atom is 0.225 e. The molecule has 0 saturated heterocycles. The molecule has 2 aromatic rings. The second kappa shape index (κ2) is 7.90. The highest BCUT2D eigenvalue weighted by molar-refractivity contribution is 7.99. The van der Waals surface area contributed by atoms with Crippen LogP contribution in [0.15, 0.2) is 47.4 Å². The van der Waals surface area contributed by atoms with Gasteiger partial charge in [0.25, 0.3) is 0 Å². The van der Waals surface area contributed by atoms with Crippen LogP contribution in [-0.4, -0.2) is 18.8 Å². The van der Waals surface area contributed by atoms with Gasteiger partial charge in [-0.05, 0) is 43.7 Å². The van der Waals surface area contributed by atoms with Crippen molar-refractivity contribution in [1.82, 2.24) is 0 Å². The predicted octanol–water partition coefficient (Wildman–Crippen LogP) is 4.43. The van der Waals surface area contributed by atoms with Crippen LogP contribution >= 0.6 is 11.8 Å². The first-order valence-corrected chi connectivity index (χ1v) is 8.21. The van der Waals surface area contributed by atoms with E-state index in [1.807, 2.05) is 25.1 Å². The van der Waals surface area contributed by atoms with Crippen molar-refractivity contribution in [3.8, 4) is 5.75 Å². The maximum absolute atomic E-state index is 12.1. The predicted molar refractivity (Wildman–Crippen MR) is 92.9 cm³/mol. The lowest BCUT2D eigenvalue weighted by Crippen LogP contribution is -2.13. The van der Waals surface area contributed by atoms with Crippen molar-refractivity contribution in [2.75, 3.05) is 18.2 Å². The van der Waals surface area contributed by atoms with E-state index in [0.29, 0.717) is 12.2 Å². The van der Waals surface area contributed by atoms with E-state index in [0.717, 1.165) is 17.0 Å². The number of thioether (sulfide) groups is 1. The molecule has 0 bridgehead atoms. The van der Waals surface area contributed by atoms with Gasteiger partial charge in [0, 0.05) is 17.1 Å². The largest absolute Gasteiger partial charge is 0.495 e. The summed E-state index contributed by atoms with van der Waals surface area (Å²) in [7, 11) is 1.60. The maximum atomic E-state index is 12.1. The zero-order valence-corrected chi connectivity index (χ0v) is 14.0. The molecular weight excluding hydrogens is 294 g/mol. The first kappa shape index (κ1) is 16.4. The second-order valence-electron chi connectivity index (χ2n) is 5.16. The van der Waals surface area contributed by atoms with E-state index in [4.69, 9.17) is 4.74 Å². The second-order valence-corrected chi connectivity index (χ2v) is 6.33. The zero-order valence-electron chi connectivity index (χ0n) is 13.2. The lowest BCUT2D eigenvalue weighted by molar-refractivity contribution is -0.115. The van der Waals surface area contributed by atoms with E-state index in [9.17, 15) is 4.79 Å². The third-order valence-electron chi connectivity index (χ3n) is 3.25. The molecule has 0 atom stereocenters. The van der Waals surface area contributed by atoms with Gasteiger partial charge in [0.05, 0.1) is 12.8 Å². The summed E-state index contributed by atoms with van der Waals surface area (Å²) >= 11 is 1.69. The first-order chi connectivity index (χ1) is 10.6. The number of aryl methyl sites for hydroxylation is 2. The third-order valence-corrected chi connectivity index (χ3v) is 4.26. The van der Waals surface area contributed by atoms with Crippen molar-refractivity contribution in [3.63, 3.8) is 0 Å². The SMILES string of the molecule is COc1ccc(C)cc1NC(=O)CCSc1ccc(C)cc1. The molecule has 0 aliphatic heterocycles. The van der Waals surface area contributed by atoms with Crippen LogP contribution in [-0.2, 0) is 4.79 Å². The quantitative estimate of drug-likeness (QED) is 0.801. The van der Waals surface area contributed by atoms with E-state index in [-0.39, 0.29) is 5.91 Å². The molecule has 0 saturated carbocycles. The lowest BCUT2D eigenvalue weighted by Gasteiger charge is -2.11. The summed E-state index contributed by atoms with van der Waals surface area (Å²) in [6, 6.07) is 14.1. The summed E-state index contributed by atoms with van der Waals surface area (Å²) in [5.74, 6) is 1.44. The number of hydrogen-bond donors (Lipinski definition) is 1. The topological polar surface area (TPSA) is 38.3 Å². The van der Waals surface area contributed by atoms with Crippen molar-refractivity contribution in [1.29, 1.82) is 0 Å². The highest BCUT2D eigenvalue weighted by Gasteiger charge is 2.08. The van der Waals surface area contributed by atoms with E-state index >= 15 is 0 Å². The highest BCUT2D eigenvalue weighted by atomic mass is 32.2. The van der Waals surface area contributed by atoms with Crippen molar-refractivity contribution >= 4 is 23.4 Å². The Morgan fingerprint density at radius 3 is 2.45 bits per heavy atom. The van der Waals surface area contributed by atoms with Crippen LogP contribution in [0.1, 0.15) is 17.5 Å². The molecule has 0 unspecified atom stereocenters. The molecule has 0 heterocycles. The molecule has 0 radical (unpaired) electrons. The molecule has 116 valence electrons. The van der Waals surface area contributed by atoms with Crippen molar-refractivity contribution in [2.45, 2.75) is 25.2 Å². The number of carbonyl (C=O) groups is 1. The minimum atomic E-state index is 0.00325. The molecule has 3 nitrogen and oxygen atoms in total. The molecule has 22 heavy (non-hydrogen) atoms. The molecule has 0 spiro atoms. The summed E-state index contributed by atoms with van der Waals surface area (Å²) < 4.78 is 5.27. The monoisotopic (exact) mass is 315 g/mol. The lowest BCUT2D eigenvalue weighted by atomic mass is 10.2. The van der Waals surface area contributed by atoms with Gasteiger partial charge in [0.15, 0.2) is 0 Å². The Morgan fingerprint density at radius 2 is 1.77 bits per heavy atom. The Bertz CT molecular complexity index is 638. The molecule has 4 heteroatoms. The summed E-state index contributed by atoms with van der Waals surface area (Å²) in [5.41, 5.74) is 3.06. The molecule has 0 aliphatic rings. The fourth-order valence-corrected chi connectivity index (χ4v) is 2.88. The summed E-state index contributed by atoms with van der Waals surface area (Å²) in [5, 5.41) is 2.92. The number of ether oxygens (including phenoxy) is 1. The van der Waals surface area contributed by atoms with Gasteiger partial charge in [-0.2, -0.15) is 0 Å². The fourth-order valence-electron chi connectivity index (χ4n) is 2.03. The van der Waals surface area contributed by atoms with Crippen molar-refractivity contribution < 1.29 is 9.53 Å². The van der Waals surface area contributed by atoms with Crippen LogP contribution in [0.2, 0.25) is 0 Å². The van der Waals surface area contributed by atoms with Crippen LogP contribution in [0, 0.1) is 13.8 Å². The van der Waals surface area contributed by atoms with Gasteiger partial charge < -0.3 is 10.1 Å². The Morgan fingerprint density at radius 1 is 1.09 bits per heavy atom. The normalized spacial score (nSPS) is 10.3. The van der Waals surface area contributed by atoms with Gasteiger partial charge in [-0.3, -0.25) is 4.79 Å². The van der Waals surface area contributed by atoms with Crippen LogP contribution in [0.25, 0.3) is 0 Å². The highest BCUT2D eigenvalue weighted by Crippen LogP contribution is 2.25. The number of benzene rings is 2. The minimum absolute atomic E-state index is 0.00325. The average Bonchev–Trinajstić information content (AvgIpc) is 2.49. The van der Waals surface area contributed by atoms with Crippen molar-refractivity contribution in [3.05, 3.63) is 53.6 Å². The number of hydrogen-bond acceptors (Lipinski definition) is 3. The number of nitrogens with one attached hydrogen (secondary N) is 1. The van der Waals surface area contributed by atoms with Crippen LogP contribution in [0.4, 0.5) is 5.69 Å². The van der Waals surface area contributed by atoms with Crippen LogP contribution in [0.5, 0.6) is 5.75 Å². The van der Waals surface area contributed by atoms with Crippen molar-refractivity contribution in [2.24, 2.45) is 0 Å². The summed E-state index contributed by atoms with van der Waals surface area (Å²) in [6.45, 7) is 4.06. The Hall–Kier alpha value is -1.94. The molecule has 0 aromatic heterocycles. The van der Waals surface area contributed by atoms with Gasteiger partial charge in [-0.1, -0.05) is 23.8 Å². The van der Waals surface area contributed by atoms with Gasteiger partial charge in [0.2, 0.25) is 5.91 Å². The molecular formula is C18H21NO2S. The van der Waals surface area contributed by atoms with Crippen LogP contribution in [0.3, 0.4) is 0 Å². The number of carbonyl (C=O) groups excluding carboxylic acids is 1. The summed E-state index contributed by atoms with van der Waals surface area (Å²) in [4.78, 5) is 13.2. The molecule has 0 aliphatic carbocycles. The molecule has 0 fully saturated rings. The Labute approximate surface area is 136 Å².